The van der Waals surface area contributed by atoms with Gasteiger partial charge < -0.3 is 19.9 Å². The third-order valence-electron chi connectivity index (χ3n) is 6.30. The molecule has 0 unspecified atom stereocenters. The van der Waals surface area contributed by atoms with E-state index in [2.05, 4.69) is 5.32 Å². The number of nitrogens with zero attached hydrogens (tertiary/aromatic N) is 2. The first-order valence-corrected chi connectivity index (χ1v) is 10.3. The highest BCUT2D eigenvalue weighted by atomic mass is 19.1. The number of nitrogens with one attached hydrogen (secondary N) is 1. The minimum atomic E-state index is -0.291. The highest BCUT2D eigenvalue weighted by Gasteiger charge is 2.46. The van der Waals surface area contributed by atoms with Crippen LogP contribution in [-0.2, 0) is 17.8 Å². The molecule has 0 atom stereocenters. The van der Waals surface area contributed by atoms with Crippen LogP contribution in [0.25, 0.3) is 0 Å². The summed E-state index contributed by atoms with van der Waals surface area (Å²) in [5.74, 6) is -0.276. The number of urea groups is 1. The molecule has 2 aromatic carbocycles. The molecule has 1 spiro atoms. The second kappa shape index (κ2) is 7.40. The maximum Gasteiger partial charge on any atom is 0.322 e. The molecule has 1 N–H and O–H groups in total. The lowest BCUT2D eigenvalue weighted by Crippen LogP contribution is -2.61. The minimum Gasteiger partial charge on any atom is -0.381 e. The average molecular weight is 409 g/mol. The Morgan fingerprint density at radius 3 is 2.50 bits per heavy atom. The van der Waals surface area contributed by atoms with Crippen molar-refractivity contribution in [2.24, 2.45) is 5.41 Å². The van der Waals surface area contributed by atoms with Gasteiger partial charge in [-0.15, -0.1) is 0 Å². The number of anilines is 1. The van der Waals surface area contributed by atoms with Crippen molar-refractivity contribution in [2.45, 2.75) is 25.9 Å². The fourth-order valence-corrected chi connectivity index (χ4v) is 4.65. The van der Waals surface area contributed by atoms with Gasteiger partial charge in [-0.1, -0.05) is 6.07 Å². The van der Waals surface area contributed by atoms with E-state index in [1.54, 1.807) is 35.2 Å². The molecule has 156 valence electrons. The van der Waals surface area contributed by atoms with Gasteiger partial charge in [0.15, 0.2) is 0 Å². The molecule has 3 heterocycles. The summed E-state index contributed by atoms with van der Waals surface area (Å²) in [5, 5.41) is 2.86. The molecule has 2 fully saturated rings. The normalized spacial score (nSPS) is 19.4. The van der Waals surface area contributed by atoms with E-state index in [0.29, 0.717) is 24.3 Å². The van der Waals surface area contributed by atoms with Crippen molar-refractivity contribution in [1.29, 1.82) is 0 Å². The summed E-state index contributed by atoms with van der Waals surface area (Å²) in [5.41, 5.74) is 3.19. The molecule has 0 radical (unpaired) electrons. The first kappa shape index (κ1) is 19.1. The quantitative estimate of drug-likeness (QED) is 0.824. The van der Waals surface area contributed by atoms with Gasteiger partial charge in [0.2, 0.25) is 0 Å². The number of carbonyl (C=O) groups is 2. The molecule has 0 saturated carbocycles. The first-order valence-electron chi connectivity index (χ1n) is 10.3. The SMILES string of the molecule is O=C(Nc1ccc(C(=O)N2CC3(CCCOC3)C2)cc1)N1Cc2ccc(F)cc2C1. The second-order valence-corrected chi connectivity index (χ2v) is 8.59. The highest BCUT2D eigenvalue weighted by Crippen LogP contribution is 2.38. The van der Waals surface area contributed by atoms with Gasteiger partial charge >= 0.3 is 6.03 Å². The molecule has 5 rings (SSSR count). The third kappa shape index (κ3) is 3.54. The summed E-state index contributed by atoms with van der Waals surface area (Å²) >= 11 is 0. The molecule has 30 heavy (non-hydrogen) atoms. The standard InChI is InChI=1S/C23H24FN3O3/c24-19-5-2-17-11-26(12-18(17)10-19)22(29)25-20-6-3-16(4-7-20)21(28)27-13-23(14-27)8-1-9-30-15-23/h2-7,10H,1,8-9,11-15H2,(H,25,29). The second-order valence-electron chi connectivity index (χ2n) is 8.59. The van der Waals surface area contributed by atoms with Gasteiger partial charge in [0.25, 0.3) is 5.91 Å². The van der Waals surface area contributed by atoms with Crippen LogP contribution in [0.15, 0.2) is 42.5 Å². The Kier molecular flexibility index (Phi) is 4.70. The van der Waals surface area contributed by atoms with Gasteiger partial charge in [-0.25, -0.2) is 9.18 Å². The monoisotopic (exact) mass is 409 g/mol. The molecule has 2 saturated heterocycles. The molecule has 6 nitrogen and oxygen atoms in total. The minimum absolute atomic E-state index is 0.0149. The number of halogens is 1. The fraction of sp³-hybridized carbons (Fsp3) is 0.391. The van der Waals surface area contributed by atoms with Crippen molar-refractivity contribution in [3.8, 4) is 0 Å². The molecule has 3 aliphatic heterocycles. The van der Waals surface area contributed by atoms with Gasteiger partial charge in [0.05, 0.1) is 6.61 Å². The van der Waals surface area contributed by atoms with Crippen LogP contribution in [0.4, 0.5) is 14.9 Å². The molecular formula is C23H24FN3O3. The predicted octanol–water partition coefficient (Wildman–Crippen LogP) is 3.63. The van der Waals surface area contributed by atoms with Crippen molar-refractivity contribution in [3.63, 3.8) is 0 Å². The lowest BCUT2D eigenvalue weighted by molar-refractivity contribution is -0.0863. The Bertz CT molecular complexity index is 978. The van der Waals surface area contributed by atoms with Crippen LogP contribution >= 0.6 is 0 Å². The summed E-state index contributed by atoms with van der Waals surface area (Å²) in [6, 6.07) is 11.3. The smallest absolute Gasteiger partial charge is 0.322 e. The van der Waals surface area contributed by atoms with Crippen molar-refractivity contribution in [3.05, 3.63) is 65.0 Å². The molecule has 0 bridgehead atoms. The largest absolute Gasteiger partial charge is 0.381 e. The van der Waals surface area contributed by atoms with Gasteiger partial charge in [-0.05, 0) is 60.4 Å². The van der Waals surface area contributed by atoms with Crippen molar-refractivity contribution in [1.82, 2.24) is 9.80 Å². The van der Waals surface area contributed by atoms with E-state index in [0.717, 1.165) is 50.3 Å². The number of carbonyl (C=O) groups excluding carboxylic acids is 2. The zero-order valence-corrected chi connectivity index (χ0v) is 16.7. The van der Waals surface area contributed by atoms with E-state index < -0.39 is 0 Å². The molecule has 0 aliphatic carbocycles. The van der Waals surface area contributed by atoms with Crippen LogP contribution in [0.1, 0.15) is 34.3 Å². The van der Waals surface area contributed by atoms with Crippen molar-refractivity contribution in [2.75, 3.05) is 31.6 Å². The van der Waals surface area contributed by atoms with Gasteiger partial charge in [0, 0.05) is 49.5 Å². The average Bonchev–Trinajstić information content (AvgIpc) is 3.16. The van der Waals surface area contributed by atoms with Crippen LogP contribution in [-0.4, -0.2) is 48.0 Å². The number of ether oxygens (including phenoxy) is 1. The van der Waals surface area contributed by atoms with Gasteiger partial charge in [-0.2, -0.15) is 0 Å². The van der Waals surface area contributed by atoms with E-state index in [-0.39, 0.29) is 23.2 Å². The Morgan fingerprint density at radius 2 is 1.77 bits per heavy atom. The predicted molar refractivity (Wildman–Crippen MR) is 109 cm³/mol. The number of hydrogen-bond acceptors (Lipinski definition) is 3. The van der Waals surface area contributed by atoms with Crippen LogP contribution in [0, 0.1) is 11.2 Å². The fourth-order valence-electron chi connectivity index (χ4n) is 4.65. The number of benzene rings is 2. The number of amides is 3. The Labute approximate surface area is 174 Å². The van der Waals surface area contributed by atoms with E-state index in [1.807, 2.05) is 4.90 Å². The first-order chi connectivity index (χ1) is 14.5. The summed E-state index contributed by atoms with van der Waals surface area (Å²) in [6.45, 7) is 3.91. The zero-order valence-electron chi connectivity index (χ0n) is 16.7. The lowest BCUT2D eigenvalue weighted by atomic mass is 9.75. The van der Waals surface area contributed by atoms with Crippen LogP contribution in [0.3, 0.4) is 0 Å². The summed E-state index contributed by atoms with van der Waals surface area (Å²) < 4.78 is 19.0. The van der Waals surface area contributed by atoms with Crippen LogP contribution in [0.2, 0.25) is 0 Å². The van der Waals surface area contributed by atoms with E-state index in [9.17, 15) is 14.0 Å². The Hall–Kier alpha value is -2.93. The lowest BCUT2D eigenvalue weighted by Gasteiger charge is -2.51. The molecule has 2 aromatic rings. The number of rotatable bonds is 2. The summed E-state index contributed by atoms with van der Waals surface area (Å²) in [7, 11) is 0. The number of fused-ring (bicyclic) bond motifs is 1. The van der Waals surface area contributed by atoms with Crippen LogP contribution in [0.5, 0.6) is 0 Å². The molecular weight excluding hydrogens is 385 g/mol. The molecule has 7 heteroatoms. The maximum atomic E-state index is 13.4. The van der Waals surface area contributed by atoms with E-state index in [1.165, 1.54) is 12.1 Å². The maximum absolute atomic E-state index is 13.4. The van der Waals surface area contributed by atoms with Crippen molar-refractivity contribution >= 4 is 17.6 Å². The Morgan fingerprint density at radius 1 is 1.00 bits per heavy atom. The molecule has 0 aromatic heterocycles. The number of likely N-dealkylation sites (tertiary alicyclic amines) is 1. The molecule has 3 aliphatic rings. The van der Waals surface area contributed by atoms with Gasteiger partial charge in [0.1, 0.15) is 5.82 Å². The zero-order chi connectivity index (χ0) is 20.7. The topological polar surface area (TPSA) is 61.9 Å². The Balaban J connectivity index is 1.17. The number of hydrogen-bond donors (Lipinski definition) is 1. The highest BCUT2D eigenvalue weighted by molar-refractivity contribution is 5.96. The van der Waals surface area contributed by atoms with Crippen LogP contribution < -0.4 is 5.32 Å². The summed E-state index contributed by atoms with van der Waals surface area (Å²) in [6.07, 6.45) is 2.18. The summed E-state index contributed by atoms with van der Waals surface area (Å²) in [4.78, 5) is 28.8. The van der Waals surface area contributed by atoms with E-state index in [4.69, 9.17) is 4.74 Å². The van der Waals surface area contributed by atoms with Crippen molar-refractivity contribution < 1.29 is 18.7 Å². The molecule has 3 amide bonds. The van der Waals surface area contributed by atoms with E-state index >= 15 is 0 Å². The third-order valence-corrected chi connectivity index (χ3v) is 6.30. The van der Waals surface area contributed by atoms with Gasteiger partial charge in [-0.3, -0.25) is 4.79 Å².